The van der Waals surface area contributed by atoms with E-state index in [0.717, 1.165) is 17.5 Å². The Bertz CT molecular complexity index is 1290. The zero-order chi connectivity index (χ0) is 22.0. The van der Waals surface area contributed by atoms with Crippen LogP contribution in [0.25, 0.3) is 16.7 Å². The van der Waals surface area contributed by atoms with Crippen LogP contribution >= 0.6 is 11.6 Å². The van der Waals surface area contributed by atoms with Gasteiger partial charge in [0.15, 0.2) is 0 Å². The van der Waals surface area contributed by atoms with E-state index in [0.29, 0.717) is 23.3 Å². The minimum absolute atomic E-state index is 0.0335. The Kier molecular flexibility index (Phi) is 5.50. The van der Waals surface area contributed by atoms with Crippen LogP contribution in [0.2, 0.25) is 5.02 Å². The summed E-state index contributed by atoms with van der Waals surface area (Å²) in [7, 11) is 0. The van der Waals surface area contributed by atoms with E-state index < -0.39 is 10.8 Å². The highest BCUT2D eigenvalue weighted by molar-refractivity contribution is 6.32. The number of fused-ring (bicyclic) bond motifs is 1. The normalized spacial score (nSPS) is 10.8. The fraction of sp³-hybridized carbons (Fsp3) is 0.0952. The maximum Gasteiger partial charge on any atom is 0.288 e. The fourth-order valence-electron chi connectivity index (χ4n) is 2.95. The second-order valence-electron chi connectivity index (χ2n) is 6.50. The van der Waals surface area contributed by atoms with Crippen LogP contribution in [0.15, 0.2) is 60.7 Å². The monoisotopic (exact) mass is 437 g/mol. The lowest BCUT2D eigenvalue weighted by molar-refractivity contribution is -0.384. The Labute approximate surface area is 181 Å². The van der Waals surface area contributed by atoms with Gasteiger partial charge in [0.25, 0.3) is 11.6 Å². The zero-order valence-electron chi connectivity index (χ0n) is 16.3. The van der Waals surface area contributed by atoms with Gasteiger partial charge in [-0.1, -0.05) is 11.6 Å². The van der Waals surface area contributed by atoms with Crippen LogP contribution < -0.4 is 10.1 Å². The fourth-order valence-corrected chi connectivity index (χ4v) is 3.13. The molecule has 0 unspecified atom stereocenters. The van der Waals surface area contributed by atoms with E-state index in [2.05, 4.69) is 15.5 Å². The molecule has 10 heteroatoms. The largest absolute Gasteiger partial charge is 0.494 e. The summed E-state index contributed by atoms with van der Waals surface area (Å²) >= 11 is 5.80. The summed E-state index contributed by atoms with van der Waals surface area (Å²) in [6.07, 6.45) is 0. The molecule has 1 heterocycles. The molecule has 3 aromatic carbocycles. The van der Waals surface area contributed by atoms with Gasteiger partial charge in [0.2, 0.25) is 0 Å². The molecule has 0 saturated heterocycles. The first-order chi connectivity index (χ1) is 14.9. The maximum absolute atomic E-state index is 12.5. The number of rotatable bonds is 6. The summed E-state index contributed by atoms with van der Waals surface area (Å²) in [6.45, 7) is 2.50. The van der Waals surface area contributed by atoms with Crippen molar-refractivity contribution in [3.05, 3.63) is 81.4 Å². The Hall–Kier alpha value is -3.98. The topological polar surface area (TPSA) is 112 Å². The van der Waals surface area contributed by atoms with Crippen LogP contribution in [0, 0.1) is 10.1 Å². The third kappa shape index (κ3) is 4.31. The highest BCUT2D eigenvalue weighted by Crippen LogP contribution is 2.26. The Morgan fingerprint density at radius 1 is 1.10 bits per heavy atom. The molecule has 9 nitrogen and oxygen atoms in total. The van der Waals surface area contributed by atoms with E-state index in [4.69, 9.17) is 16.3 Å². The lowest BCUT2D eigenvalue weighted by Gasteiger charge is -2.05. The van der Waals surface area contributed by atoms with Crippen LogP contribution in [-0.2, 0) is 0 Å². The predicted molar refractivity (Wildman–Crippen MR) is 116 cm³/mol. The smallest absolute Gasteiger partial charge is 0.288 e. The van der Waals surface area contributed by atoms with Crippen molar-refractivity contribution < 1.29 is 14.5 Å². The van der Waals surface area contributed by atoms with Gasteiger partial charge in [0, 0.05) is 17.3 Å². The summed E-state index contributed by atoms with van der Waals surface area (Å²) in [5, 5.41) is 22.6. The second-order valence-corrected chi connectivity index (χ2v) is 6.90. The number of nitro benzene ring substituents is 1. The van der Waals surface area contributed by atoms with E-state index in [1.54, 1.807) is 18.2 Å². The van der Waals surface area contributed by atoms with E-state index in [9.17, 15) is 14.9 Å². The molecular formula is C21H16ClN5O4. The van der Waals surface area contributed by atoms with Gasteiger partial charge in [-0.05, 0) is 61.5 Å². The Balaban J connectivity index is 1.56. The molecule has 0 radical (unpaired) electrons. The molecule has 0 fully saturated rings. The predicted octanol–water partition coefficient (Wildman–Crippen LogP) is 4.63. The SMILES string of the molecule is CCOc1ccc(-n2nc3ccc(NC(=O)c4ccc(Cl)c([N+](=O)[O-])c4)cc3n2)cc1. The number of anilines is 1. The molecule has 4 rings (SSSR count). The first-order valence-electron chi connectivity index (χ1n) is 9.30. The van der Waals surface area contributed by atoms with E-state index in [-0.39, 0.29) is 16.3 Å². The van der Waals surface area contributed by atoms with Gasteiger partial charge in [-0.3, -0.25) is 14.9 Å². The van der Waals surface area contributed by atoms with Crippen LogP contribution in [-0.4, -0.2) is 32.4 Å². The minimum Gasteiger partial charge on any atom is -0.494 e. The summed E-state index contributed by atoms with van der Waals surface area (Å²) in [5.74, 6) is 0.258. The maximum atomic E-state index is 12.5. The quantitative estimate of drug-likeness (QED) is 0.347. The van der Waals surface area contributed by atoms with E-state index in [1.807, 2.05) is 31.2 Å². The molecule has 1 aromatic heterocycles. The zero-order valence-corrected chi connectivity index (χ0v) is 17.0. The molecule has 1 N–H and O–H groups in total. The van der Waals surface area contributed by atoms with E-state index >= 15 is 0 Å². The standard InChI is InChI=1S/C21H16ClN5O4/c1-2-31-16-7-5-15(6-8-16)26-24-18-10-4-14(12-19(18)25-26)23-21(28)13-3-9-17(22)20(11-13)27(29)30/h3-12H,2H2,1H3,(H,23,28). The van der Waals surface area contributed by atoms with Crippen molar-refractivity contribution in [3.63, 3.8) is 0 Å². The molecule has 31 heavy (non-hydrogen) atoms. The van der Waals surface area contributed by atoms with Crippen molar-refractivity contribution in [2.75, 3.05) is 11.9 Å². The number of halogens is 1. The lowest BCUT2D eigenvalue weighted by Crippen LogP contribution is -2.12. The van der Waals surface area contributed by atoms with Crippen LogP contribution in [0.5, 0.6) is 5.75 Å². The van der Waals surface area contributed by atoms with Gasteiger partial charge < -0.3 is 10.1 Å². The number of carbonyl (C=O) groups is 1. The number of amides is 1. The highest BCUT2D eigenvalue weighted by atomic mass is 35.5. The first kappa shape index (κ1) is 20.3. The third-order valence-corrected chi connectivity index (χ3v) is 4.74. The number of nitro groups is 1. The summed E-state index contributed by atoms with van der Waals surface area (Å²) < 4.78 is 5.44. The van der Waals surface area contributed by atoms with Crippen molar-refractivity contribution in [2.24, 2.45) is 0 Å². The average Bonchev–Trinajstić information content (AvgIpc) is 3.18. The number of hydrogen-bond acceptors (Lipinski definition) is 6. The van der Waals surface area contributed by atoms with Crippen molar-refractivity contribution >= 4 is 39.9 Å². The molecule has 0 aliphatic carbocycles. The number of nitrogens with zero attached hydrogens (tertiary/aromatic N) is 4. The van der Waals surface area contributed by atoms with Gasteiger partial charge >= 0.3 is 0 Å². The average molecular weight is 438 g/mol. The van der Waals surface area contributed by atoms with Crippen LogP contribution in [0.1, 0.15) is 17.3 Å². The van der Waals surface area contributed by atoms with Gasteiger partial charge in [0.1, 0.15) is 21.8 Å². The van der Waals surface area contributed by atoms with Crippen molar-refractivity contribution in [3.8, 4) is 11.4 Å². The summed E-state index contributed by atoms with van der Waals surface area (Å²) in [6, 6.07) is 16.3. The summed E-state index contributed by atoms with van der Waals surface area (Å²) in [5.41, 5.74) is 2.26. The van der Waals surface area contributed by atoms with E-state index in [1.165, 1.54) is 16.9 Å². The summed E-state index contributed by atoms with van der Waals surface area (Å²) in [4.78, 5) is 24.4. The molecule has 4 aromatic rings. The van der Waals surface area contributed by atoms with Gasteiger partial charge in [0.05, 0.1) is 17.2 Å². The number of aromatic nitrogens is 3. The molecule has 0 aliphatic heterocycles. The minimum atomic E-state index is -0.635. The van der Waals surface area contributed by atoms with Crippen molar-refractivity contribution in [1.82, 2.24) is 15.0 Å². The molecule has 0 bridgehead atoms. The molecule has 0 saturated carbocycles. The Morgan fingerprint density at radius 3 is 2.55 bits per heavy atom. The number of nitrogens with one attached hydrogen (secondary N) is 1. The molecule has 0 spiro atoms. The molecule has 0 atom stereocenters. The molecular weight excluding hydrogens is 422 g/mol. The Morgan fingerprint density at radius 2 is 1.84 bits per heavy atom. The number of ether oxygens (including phenoxy) is 1. The van der Waals surface area contributed by atoms with Crippen LogP contribution in [0.3, 0.4) is 0 Å². The number of carbonyl (C=O) groups excluding carboxylic acids is 1. The molecule has 0 aliphatic rings. The molecule has 156 valence electrons. The number of hydrogen-bond donors (Lipinski definition) is 1. The van der Waals surface area contributed by atoms with Gasteiger partial charge in [-0.2, -0.15) is 4.80 Å². The third-order valence-electron chi connectivity index (χ3n) is 4.42. The lowest BCUT2D eigenvalue weighted by atomic mass is 10.2. The van der Waals surface area contributed by atoms with Crippen LogP contribution in [0.4, 0.5) is 11.4 Å². The van der Waals surface area contributed by atoms with Gasteiger partial charge in [-0.15, -0.1) is 10.2 Å². The number of benzene rings is 3. The second kappa shape index (κ2) is 8.41. The highest BCUT2D eigenvalue weighted by Gasteiger charge is 2.17. The van der Waals surface area contributed by atoms with Crippen molar-refractivity contribution in [1.29, 1.82) is 0 Å². The first-order valence-corrected chi connectivity index (χ1v) is 9.68. The van der Waals surface area contributed by atoms with Gasteiger partial charge in [-0.25, -0.2) is 0 Å². The van der Waals surface area contributed by atoms with Crippen molar-refractivity contribution in [2.45, 2.75) is 6.92 Å². The molecule has 1 amide bonds.